The number of benzene rings is 1. The van der Waals surface area contributed by atoms with Crippen LogP contribution in [0.5, 0.6) is 0 Å². The Bertz CT molecular complexity index is 379. The first-order valence-electron chi connectivity index (χ1n) is 5.66. The summed E-state index contributed by atoms with van der Waals surface area (Å²) in [5, 5.41) is 0. The second-order valence-corrected chi connectivity index (χ2v) is 5.29. The van der Waals surface area contributed by atoms with Crippen molar-refractivity contribution in [3.05, 3.63) is 34.3 Å². The molecule has 0 amide bonds. The fourth-order valence-corrected chi connectivity index (χ4v) is 1.87. The normalized spacial score (nSPS) is 12.5. The van der Waals surface area contributed by atoms with Crippen molar-refractivity contribution >= 4 is 21.9 Å². The number of nitrogens with two attached hydrogens (primary N) is 1. The number of ether oxygens (including phenoxy) is 1. The van der Waals surface area contributed by atoms with Crippen LogP contribution < -0.4 is 5.73 Å². The van der Waals surface area contributed by atoms with E-state index in [1.54, 1.807) is 0 Å². The molecule has 0 heterocycles. The number of hydrogen-bond donors (Lipinski definition) is 1. The summed E-state index contributed by atoms with van der Waals surface area (Å²) in [7, 11) is 0. The zero-order chi connectivity index (χ0) is 12.8. The lowest BCUT2D eigenvalue weighted by Crippen LogP contribution is -2.33. The average molecular weight is 300 g/mol. The van der Waals surface area contributed by atoms with E-state index in [0.29, 0.717) is 12.3 Å². The molecule has 0 radical (unpaired) electrons. The predicted molar refractivity (Wildman–Crippen MR) is 71.4 cm³/mol. The second-order valence-electron chi connectivity index (χ2n) is 4.44. The number of esters is 1. The lowest BCUT2D eigenvalue weighted by molar-refractivity contribution is -0.146. The van der Waals surface area contributed by atoms with Gasteiger partial charge in [0.05, 0.1) is 0 Å². The molecule has 0 bridgehead atoms. The molecule has 0 saturated carbocycles. The van der Waals surface area contributed by atoms with Gasteiger partial charge in [-0.25, -0.2) is 0 Å². The van der Waals surface area contributed by atoms with Crippen molar-refractivity contribution in [1.82, 2.24) is 0 Å². The van der Waals surface area contributed by atoms with Crippen molar-refractivity contribution in [3.63, 3.8) is 0 Å². The quantitative estimate of drug-likeness (QED) is 0.851. The van der Waals surface area contributed by atoms with Crippen LogP contribution >= 0.6 is 15.9 Å². The van der Waals surface area contributed by atoms with Crippen LogP contribution in [-0.4, -0.2) is 12.0 Å². The lowest BCUT2D eigenvalue weighted by Gasteiger charge is -2.13. The molecule has 0 aliphatic heterocycles. The van der Waals surface area contributed by atoms with Crippen LogP contribution in [0.2, 0.25) is 0 Å². The Kier molecular flexibility index (Phi) is 5.65. The van der Waals surface area contributed by atoms with Crippen LogP contribution in [-0.2, 0) is 16.1 Å². The van der Waals surface area contributed by atoms with E-state index in [1.807, 2.05) is 38.1 Å². The Hall–Kier alpha value is -0.870. The molecule has 0 aliphatic rings. The number of rotatable bonds is 5. The molecule has 94 valence electrons. The zero-order valence-electron chi connectivity index (χ0n) is 10.2. The van der Waals surface area contributed by atoms with Gasteiger partial charge in [-0.15, -0.1) is 0 Å². The van der Waals surface area contributed by atoms with Crippen LogP contribution in [0.15, 0.2) is 28.7 Å². The first kappa shape index (κ1) is 14.2. The van der Waals surface area contributed by atoms with Gasteiger partial charge in [0.25, 0.3) is 0 Å². The summed E-state index contributed by atoms with van der Waals surface area (Å²) in [6, 6.07) is 7.11. The van der Waals surface area contributed by atoms with Crippen LogP contribution in [0.4, 0.5) is 0 Å². The predicted octanol–water partition coefficient (Wildman–Crippen LogP) is 2.87. The first-order chi connectivity index (χ1) is 8.00. The smallest absolute Gasteiger partial charge is 0.323 e. The molecule has 0 aliphatic carbocycles. The topological polar surface area (TPSA) is 52.3 Å². The standard InChI is InChI=1S/C13H18BrNO2/c1-9(2)7-12(15)13(16)17-8-10-5-3-4-6-11(10)14/h3-6,9,12H,7-8,15H2,1-2H3/t12-/m1/s1. The third-order valence-electron chi connectivity index (χ3n) is 2.36. The largest absolute Gasteiger partial charge is 0.460 e. The molecule has 1 aromatic carbocycles. The molecule has 0 fully saturated rings. The highest BCUT2D eigenvalue weighted by Gasteiger charge is 2.16. The molecule has 0 unspecified atom stereocenters. The summed E-state index contributed by atoms with van der Waals surface area (Å²) < 4.78 is 6.11. The van der Waals surface area contributed by atoms with Gasteiger partial charge in [-0.2, -0.15) is 0 Å². The Morgan fingerprint density at radius 2 is 2.06 bits per heavy atom. The summed E-state index contributed by atoms with van der Waals surface area (Å²) in [5.74, 6) is 0.0514. The molecular weight excluding hydrogens is 282 g/mol. The molecule has 0 saturated heterocycles. The van der Waals surface area contributed by atoms with Crippen molar-refractivity contribution in [2.75, 3.05) is 0 Å². The van der Waals surface area contributed by atoms with Crippen LogP contribution in [0.1, 0.15) is 25.8 Å². The number of carbonyl (C=O) groups excluding carboxylic acids is 1. The molecule has 4 heteroatoms. The Labute approximate surface area is 110 Å². The monoisotopic (exact) mass is 299 g/mol. The summed E-state index contributed by atoms with van der Waals surface area (Å²) in [5.41, 5.74) is 6.68. The van der Waals surface area contributed by atoms with Gasteiger partial charge in [-0.05, 0) is 18.4 Å². The van der Waals surface area contributed by atoms with Crippen molar-refractivity contribution in [3.8, 4) is 0 Å². The summed E-state index contributed by atoms with van der Waals surface area (Å²) >= 11 is 3.40. The average Bonchev–Trinajstić information content (AvgIpc) is 2.26. The van der Waals surface area contributed by atoms with Gasteiger partial charge >= 0.3 is 5.97 Å². The molecule has 2 N–H and O–H groups in total. The Morgan fingerprint density at radius 1 is 1.41 bits per heavy atom. The van der Waals surface area contributed by atoms with Gasteiger partial charge in [-0.1, -0.05) is 48.0 Å². The SMILES string of the molecule is CC(C)C[C@@H](N)C(=O)OCc1ccccc1Br. The van der Waals surface area contributed by atoms with Crippen LogP contribution in [0.25, 0.3) is 0 Å². The highest BCUT2D eigenvalue weighted by Crippen LogP contribution is 2.17. The lowest BCUT2D eigenvalue weighted by atomic mass is 10.1. The summed E-state index contributed by atoms with van der Waals surface area (Å²) in [4.78, 5) is 11.6. The number of halogens is 1. The van der Waals surface area contributed by atoms with Crippen molar-refractivity contribution in [1.29, 1.82) is 0 Å². The summed E-state index contributed by atoms with van der Waals surface area (Å²) in [6.45, 7) is 4.31. The van der Waals surface area contributed by atoms with Gasteiger partial charge in [0, 0.05) is 10.0 Å². The maximum Gasteiger partial charge on any atom is 0.323 e. The fourth-order valence-electron chi connectivity index (χ4n) is 1.48. The minimum absolute atomic E-state index is 0.256. The van der Waals surface area contributed by atoms with E-state index in [-0.39, 0.29) is 12.6 Å². The molecule has 1 aromatic rings. The minimum Gasteiger partial charge on any atom is -0.460 e. The van der Waals surface area contributed by atoms with Gasteiger partial charge in [0.15, 0.2) is 0 Å². The van der Waals surface area contributed by atoms with Crippen LogP contribution in [0, 0.1) is 5.92 Å². The molecule has 0 spiro atoms. The number of hydrogen-bond acceptors (Lipinski definition) is 3. The van der Waals surface area contributed by atoms with Gasteiger partial charge in [0.1, 0.15) is 12.6 Å². The molecule has 3 nitrogen and oxygen atoms in total. The van der Waals surface area contributed by atoms with Crippen LogP contribution in [0.3, 0.4) is 0 Å². The zero-order valence-corrected chi connectivity index (χ0v) is 11.7. The van der Waals surface area contributed by atoms with E-state index in [0.717, 1.165) is 10.0 Å². The number of carbonyl (C=O) groups is 1. The van der Waals surface area contributed by atoms with Crippen molar-refractivity contribution in [2.24, 2.45) is 11.7 Å². The Balaban J connectivity index is 2.46. The minimum atomic E-state index is -0.530. The molecule has 1 atom stereocenters. The third-order valence-corrected chi connectivity index (χ3v) is 3.13. The molecule has 1 rings (SSSR count). The van der Waals surface area contributed by atoms with E-state index in [1.165, 1.54) is 0 Å². The van der Waals surface area contributed by atoms with E-state index in [9.17, 15) is 4.79 Å². The van der Waals surface area contributed by atoms with Gasteiger partial charge < -0.3 is 10.5 Å². The molecular formula is C13H18BrNO2. The highest BCUT2D eigenvalue weighted by atomic mass is 79.9. The van der Waals surface area contributed by atoms with Gasteiger partial charge in [-0.3, -0.25) is 4.79 Å². The maximum absolute atomic E-state index is 11.6. The fraction of sp³-hybridized carbons (Fsp3) is 0.462. The Morgan fingerprint density at radius 3 is 2.65 bits per heavy atom. The maximum atomic E-state index is 11.6. The highest BCUT2D eigenvalue weighted by molar-refractivity contribution is 9.10. The summed E-state index contributed by atoms with van der Waals surface area (Å²) in [6.07, 6.45) is 0.648. The molecule has 17 heavy (non-hydrogen) atoms. The van der Waals surface area contributed by atoms with E-state index >= 15 is 0 Å². The van der Waals surface area contributed by atoms with Gasteiger partial charge in [0.2, 0.25) is 0 Å². The van der Waals surface area contributed by atoms with E-state index in [4.69, 9.17) is 10.5 Å². The van der Waals surface area contributed by atoms with E-state index < -0.39 is 6.04 Å². The third kappa shape index (κ3) is 4.88. The van der Waals surface area contributed by atoms with Crippen molar-refractivity contribution in [2.45, 2.75) is 32.9 Å². The van der Waals surface area contributed by atoms with Crippen molar-refractivity contribution < 1.29 is 9.53 Å². The van der Waals surface area contributed by atoms with E-state index in [2.05, 4.69) is 15.9 Å². The first-order valence-corrected chi connectivity index (χ1v) is 6.45. The second kappa shape index (κ2) is 6.77. The molecule has 0 aromatic heterocycles.